The third-order valence-electron chi connectivity index (χ3n) is 6.99. The molecule has 0 amide bonds. The topological polar surface area (TPSA) is 12.0 Å². The summed E-state index contributed by atoms with van der Waals surface area (Å²) in [6.07, 6.45) is 15.9. The predicted molar refractivity (Wildman–Crippen MR) is 110 cm³/mol. The van der Waals surface area contributed by atoms with Crippen LogP contribution in [-0.2, 0) is 0 Å². The van der Waals surface area contributed by atoms with Gasteiger partial charge in [0, 0.05) is 12.2 Å². The van der Waals surface area contributed by atoms with Gasteiger partial charge in [0.2, 0.25) is 0 Å². The summed E-state index contributed by atoms with van der Waals surface area (Å²) in [6, 6.07) is 9.32. The van der Waals surface area contributed by atoms with Crippen molar-refractivity contribution in [3.63, 3.8) is 0 Å². The van der Waals surface area contributed by atoms with Crippen LogP contribution in [0.3, 0.4) is 0 Å². The maximum Gasteiger partial charge on any atom is 0.0340 e. The van der Waals surface area contributed by atoms with Crippen LogP contribution in [0.2, 0.25) is 0 Å². The Balaban J connectivity index is 1.44. The molecule has 0 aromatic heterocycles. The second-order valence-corrected chi connectivity index (χ2v) is 8.73. The molecule has 1 aromatic rings. The molecule has 2 fully saturated rings. The molecule has 1 aromatic carbocycles. The van der Waals surface area contributed by atoms with Crippen LogP contribution in [-0.4, -0.2) is 6.54 Å². The van der Waals surface area contributed by atoms with E-state index in [0.29, 0.717) is 0 Å². The lowest BCUT2D eigenvalue weighted by Gasteiger charge is -2.38. The average Bonchev–Trinajstić information content (AvgIpc) is 2.68. The van der Waals surface area contributed by atoms with Crippen molar-refractivity contribution in [2.24, 2.45) is 17.8 Å². The van der Waals surface area contributed by atoms with Gasteiger partial charge in [-0.2, -0.15) is 0 Å². The van der Waals surface area contributed by atoms with Gasteiger partial charge in [-0.05, 0) is 86.3 Å². The molecule has 2 aliphatic rings. The van der Waals surface area contributed by atoms with Crippen molar-refractivity contribution in [3.8, 4) is 0 Å². The molecule has 3 rings (SSSR count). The van der Waals surface area contributed by atoms with Gasteiger partial charge in [0.05, 0.1) is 0 Å². The summed E-state index contributed by atoms with van der Waals surface area (Å²) in [5, 5.41) is 3.49. The Bertz CT molecular complexity index is 475. The third-order valence-corrected chi connectivity index (χ3v) is 6.99. The van der Waals surface area contributed by atoms with Crippen molar-refractivity contribution in [2.45, 2.75) is 90.4 Å². The van der Waals surface area contributed by atoms with E-state index in [1.165, 1.54) is 76.3 Å². The SMILES string of the molecule is CCCNc1ccc(C2CCC(C3CCC(CCC)CC3)CC2)cc1. The van der Waals surface area contributed by atoms with Crippen LogP contribution in [0.4, 0.5) is 5.69 Å². The lowest BCUT2D eigenvalue weighted by atomic mass is 9.68. The Morgan fingerprint density at radius 3 is 1.92 bits per heavy atom. The molecule has 0 saturated heterocycles. The van der Waals surface area contributed by atoms with E-state index in [-0.39, 0.29) is 0 Å². The Kier molecular flexibility index (Phi) is 7.25. The Hall–Kier alpha value is -0.980. The van der Waals surface area contributed by atoms with E-state index in [0.717, 1.165) is 30.2 Å². The number of hydrogen-bond acceptors (Lipinski definition) is 1. The minimum atomic E-state index is 0.813. The van der Waals surface area contributed by atoms with Gasteiger partial charge in [-0.1, -0.05) is 51.7 Å². The summed E-state index contributed by atoms with van der Waals surface area (Å²) in [6.45, 7) is 5.64. The molecule has 2 saturated carbocycles. The summed E-state index contributed by atoms with van der Waals surface area (Å²) < 4.78 is 0. The number of nitrogens with one attached hydrogen (secondary N) is 1. The van der Waals surface area contributed by atoms with Crippen LogP contribution in [0.1, 0.15) is 96.0 Å². The van der Waals surface area contributed by atoms with E-state index >= 15 is 0 Å². The molecule has 1 N–H and O–H groups in total. The molecule has 0 radical (unpaired) electrons. The van der Waals surface area contributed by atoms with Crippen molar-refractivity contribution >= 4 is 5.69 Å². The summed E-state index contributed by atoms with van der Waals surface area (Å²) >= 11 is 0. The quantitative estimate of drug-likeness (QED) is 0.545. The first-order valence-corrected chi connectivity index (χ1v) is 11.1. The zero-order valence-electron chi connectivity index (χ0n) is 16.6. The first kappa shape index (κ1) is 18.8. The Morgan fingerprint density at radius 2 is 1.36 bits per heavy atom. The van der Waals surface area contributed by atoms with Gasteiger partial charge >= 0.3 is 0 Å². The number of hydrogen-bond donors (Lipinski definition) is 1. The number of benzene rings is 1. The lowest BCUT2D eigenvalue weighted by Crippen LogP contribution is -2.25. The molecule has 25 heavy (non-hydrogen) atoms. The van der Waals surface area contributed by atoms with Gasteiger partial charge < -0.3 is 5.32 Å². The smallest absolute Gasteiger partial charge is 0.0340 e. The van der Waals surface area contributed by atoms with Gasteiger partial charge in [0.1, 0.15) is 0 Å². The highest BCUT2D eigenvalue weighted by Gasteiger charge is 2.30. The highest BCUT2D eigenvalue weighted by molar-refractivity contribution is 5.45. The minimum absolute atomic E-state index is 0.813. The third kappa shape index (κ3) is 5.25. The van der Waals surface area contributed by atoms with E-state index in [2.05, 4.69) is 43.4 Å². The monoisotopic (exact) mass is 341 g/mol. The molecule has 2 aliphatic carbocycles. The van der Waals surface area contributed by atoms with Gasteiger partial charge in [0.25, 0.3) is 0 Å². The molecule has 1 heteroatoms. The first-order valence-electron chi connectivity index (χ1n) is 11.1. The lowest BCUT2D eigenvalue weighted by molar-refractivity contribution is 0.156. The van der Waals surface area contributed by atoms with E-state index in [1.807, 2.05) is 0 Å². The van der Waals surface area contributed by atoms with Crippen molar-refractivity contribution in [2.75, 3.05) is 11.9 Å². The van der Waals surface area contributed by atoms with Crippen LogP contribution >= 0.6 is 0 Å². The van der Waals surface area contributed by atoms with E-state index in [1.54, 1.807) is 5.56 Å². The predicted octanol–water partition coefficient (Wildman–Crippen LogP) is 7.39. The van der Waals surface area contributed by atoms with E-state index in [4.69, 9.17) is 0 Å². The summed E-state index contributed by atoms with van der Waals surface area (Å²) in [5.41, 5.74) is 2.86. The number of rotatable bonds is 7. The fourth-order valence-electron chi connectivity index (χ4n) is 5.42. The fraction of sp³-hybridized carbons (Fsp3) is 0.750. The molecular weight excluding hydrogens is 302 g/mol. The van der Waals surface area contributed by atoms with Crippen LogP contribution in [0.5, 0.6) is 0 Å². The van der Waals surface area contributed by atoms with Gasteiger partial charge in [-0.15, -0.1) is 0 Å². The van der Waals surface area contributed by atoms with Gasteiger partial charge in [-0.25, -0.2) is 0 Å². The van der Waals surface area contributed by atoms with Crippen LogP contribution < -0.4 is 5.32 Å². The van der Waals surface area contributed by atoms with Gasteiger partial charge in [0.15, 0.2) is 0 Å². The zero-order chi connectivity index (χ0) is 17.5. The zero-order valence-corrected chi connectivity index (χ0v) is 16.6. The largest absolute Gasteiger partial charge is 0.385 e. The molecule has 140 valence electrons. The summed E-state index contributed by atoms with van der Waals surface area (Å²) in [4.78, 5) is 0. The second-order valence-electron chi connectivity index (χ2n) is 8.73. The van der Waals surface area contributed by atoms with Crippen molar-refractivity contribution < 1.29 is 0 Å². The van der Waals surface area contributed by atoms with Gasteiger partial charge in [-0.3, -0.25) is 0 Å². The normalized spacial score (nSPS) is 30.2. The fourth-order valence-corrected chi connectivity index (χ4v) is 5.42. The molecule has 0 atom stereocenters. The van der Waals surface area contributed by atoms with Crippen LogP contribution in [0.25, 0.3) is 0 Å². The average molecular weight is 342 g/mol. The second kappa shape index (κ2) is 9.64. The van der Waals surface area contributed by atoms with Crippen molar-refractivity contribution in [1.82, 2.24) is 0 Å². The van der Waals surface area contributed by atoms with Crippen molar-refractivity contribution in [1.29, 1.82) is 0 Å². The van der Waals surface area contributed by atoms with E-state index in [9.17, 15) is 0 Å². The Labute approximate surface area is 156 Å². The minimum Gasteiger partial charge on any atom is -0.385 e. The van der Waals surface area contributed by atoms with Crippen LogP contribution in [0.15, 0.2) is 24.3 Å². The van der Waals surface area contributed by atoms with E-state index < -0.39 is 0 Å². The molecule has 0 aliphatic heterocycles. The maximum atomic E-state index is 3.49. The Morgan fingerprint density at radius 1 is 0.760 bits per heavy atom. The molecule has 1 nitrogen and oxygen atoms in total. The maximum absolute atomic E-state index is 3.49. The molecular formula is C24H39N. The standard InChI is InChI=1S/C24H39N/c1-3-5-19-6-8-20(9-7-19)21-10-12-22(13-11-21)23-14-16-24(17-15-23)25-18-4-2/h14-17,19-22,25H,3-13,18H2,1-2H3. The highest BCUT2D eigenvalue weighted by Crippen LogP contribution is 2.44. The first-order chi connectivity index (χ1) is 12.3. The molecule has 0 bridgehead atoms. The molecule has 0 spiro atoms. The number of anilines is 1. The van der Waals surface area contributed by atoms with Crippen molar-refractivity contribution in [3.05, 3.63) is 29.8 Å². The molecule has 0 heterocycles. The summed E-state index contributed by atoms with van der Waals surface area (Å²) in [5.74, 6) is 3.95. The summed E-state index contributed by atoms with van der Waals surface area (Å²) in [7, 11) is 0. The van der Waals surface area contributed by atoms with Crippen LogP contribution in [0, 0.1) is 17.8 Å². The molecule has 0 unspecified atom stereocenters. The highest BCUT2D eigenvalue weighted by atomic mass is 14.9.